The zero-order chi connectivity index (χ0) is 57.6. The third-order valence-electron chi connectivity index (χ3n) is 21.5. The van der Waals surface area contributed by atoms with Crippen LogP contribution in [0.3, 0.4) is 0 Å². The summed E-state index contributed by atoms with van der Waals surface area (Å²) in [5, 5.41) is -0.343. The van der Waals surface area contributed by atoms with Crippen LogP contribution in [0.25, 0.3) is 0 Å². The average molecular weight is 1140 g/mol. The predicted molar refractivity (Wildman–Crippen MR) is 319 cm³/mol. The van der Waals surface area contributed by atoms with Gasteiger partial charge in [0.2, 0.25) is 0 Å². The smallest absolute Gasteiger partial charge is 0.338 e. The molecule has 9 rings (SSSR count). The Hall–Kier alpha value is -3.67. The first-order chi connectivity index (χ1) is 37.7. The van der Waals surface area contributed by atoms with Crippen LogP contribution in [0.1, 0.15) is 153 Å². The fourth-order valence-corrected chi connectivity index (χ4v) is 17.0. The summed E-state index contributed by atoms with van der Waals surface area (Å²) in [4.78, 5) is 28.7. The lowest BCUT2D eigenvalue weighted by molar-refractivity contribution is -0.308. The maximum absolute atomic E-state index is 14.4. The highest BCUT2D eigenvalue weighted by Crippen LogP contribution is 2.69. The quantitative estimate of drug-likeness (QED) is 0.0649. The number of ether oxygens (including phenoxy) is 7. The minimum Gasteiger partial charge on any atom is -0.497 e. The summed E-state index contributed by atoms with van der Waals surface area (Å²) < 4.78 is 60.8. The van der Waals surface area contributed by atoms with E-state index in [4.69, 9.17) is 42.0 Å². The van der Waals surface area contributed by atoms with Gasteiger partial charge in [0, 0.05) is 6.61 Å². The molecule has 0 bridgehead atoms. The summed E-state index contributed by atoms with van der Waals surface area (Å²) in [5.74, 6) is 3.27. The second-order valence-electron chi connectivity index (χ2n) is 28.6. The first-order valence-electron chi connectivity index (χ1n) is 30.4. The van der Waals surface area contributed by atoms with E-state index in [2.05, 4.69) is 114 Å². The van der Waals surface area contributed by atoms with Gasteiger partial charge in [-0.3, -0.25) is 0 Å². The van der Waals surface area contributed by atoms with Gasteiger partial charge in [-0.05, 0) is 182 Å². The van der Waals surface area contributed by atoms with Crippen LogP contribution < -0.4 is 4.74 Å². The minimum absolute atomic E-state index is 0.0548. The second-order valence-corrected chi connectivity index (χ2v) is 38.2. The number of carbonyl (C=O) groups is 2. The zero-order valence-corrected chi connectivity index (χ0v) is 53.2. The van der Waals surface area contributed by atoms with Crippen molar-refractivity contribution in [3.63, 3.8) is 0 Å². The normalized spacial score (nSPS) is 33.8. The highest BCUT2D eigenvalue weighted by Gasteiger charge is 2.65. The van der Waals surface area contributed by atoms with Crippen molar-refractivity contribution < 1.29 is 51.6 Å². The maximum atomic E-state index is 14.4. The second kappa shape index (κ2) is 24.1. The molecule has 0 N–H and O–H groups in total. The fraction of sp³-hybridized carbons (Fsp3) is 0.672. The zero-order valence-electron chi connectivity index (χ0n) is 51.2. The van der Waals surface area contributed by atoms with E-state index in [1.807, 2.05) is 48.5 Å². The lowest BCUT2D eigenvalue weighted by Gasteiger charge is -2.58. The molecule has 0 radical (unpaired) electrons. The van der Waals surface area contributed by atoms with Gasteiger partial charge in [0.1, 0.15) is 18.0 Å². The molecule has 0 aromatic heterocycles. The highest BCUT2D eigenvalue weighted by molar-refractivity contribution is 6.74. The number of allylic oxidation sites excluding steroid dienone is 1. The molecule has 0 spiro atoms. The van der Waals surface area contributed by atoms with Crippen molar-refractivity contribution >= 4 is 28.6 Å². The molecule has 2 saturated heterocycles. The van der Waals surface area contributed by atoms with Crippen LogP contribution in [0.15, 0.2) is 96.6 Å². The number of carbonyl (C=O) groups excluding carboxylic acids is 2. The molecule has 80 heavy (non-hydrogen) atoms. The van der Waals surface area contributed by atoms with Crippen LogP contribution >= 0.6 is 0 Å². The number of rotatable bonds is 19. The van der Waals surface area contributed by atoms with Gasteiger partial charge in [0.15, 0.2) is 35.1 Å². The number of hydrogen-bond acceptors (Lipinski definition) is 11. The Kier molecular flexibility index (Phi) is 18.4. The van der Waals surface area contributed by atoms with Crippen LogP contribution in [-0.2, 0) is 43.9 Å². The Labute approximate surface area is 482 Å². The molecule has 3 saturated carbocycles. The number of esters is 2. The fourth-order valence-electron chi connectivity index (χ4n) is 14.7. The van der Waals surface area contributed by atoms with Gasteiger partial charge in [-0.15, -0.1) is 0 Å². The molecule has 5 fully saturated rings. The predicted octanol–water partition coefficient (Wildman–Crippen LogP) is 15.2. The van der Waals surface area contributed by atoms with Crippen LogP contribution in [0, 0.1) is 46.3 Å². The van der Waals surface area contributed by atoms with Gasteiger partial charge in [-0.25, -0.2) is 9.59 Å². The molecule has 2 aliphatic heterocycles. The Morgan fingerprint density at radius 2 is 1.38 bits per heavy atom. The Bertz CT molecular complexity index is 2590. The maximum Gasteiger partial charge on any atom is 0.338 e. The van der Waals surface area contributed by atoms with Crippen LogP contribution in [0.5, 0.6) is 5.75 Å². The summed E-state index contributed by atoms with van der Waals surface area (Å²) in [6.07, 6.45) is 7.67. The summed E-state index contributed by atoms with van der Waals surface area (Å²) in [6.45, 7) is 33.5. The van der Waals surface area contributed by atoms with Gasteiger partial charge in [0.25, 0.3) is 0 Å². The van der Waals surface area contributed by atoms with E-state index in [1.54, 1.807) is 31.4 Å². The Morgan fingerprint density at radius 1 is 0.750 bits per heavy atom. The van der Waals surface area contributed by atoms with Gasteiger partial charge in [-0.1, -0.05) is 129 Å². The third kappa shape index (κ3) is 12.7. The number of hydrogen-bond donors (Lipinski definition) is 0. The lowest BCUT2D eigenvalue weighted by atomic mass is 9.47. The number of benzene rings is 3. The molecule has 440 valence electrons. The first-order valence-corrected chi connectivity index (χ1v) is 36.2. The van der Waals surface area contributed by atoms with E-state index in [-0.39, 0.29) is 33.6 Å². The Balaban J connectivity index is 0.928. The molecular weight excluding hydrogens is 1040 g/mol. The number of fused-ring (bicyclic) bond motifs is 7. The summed E-state index contributed by atoms with van der Waals surface area (Å²) in [7, 11) is -3.36. The van der Waals surface area contributed by atoms with Crippen molar-refractivity contribution in [2.75, 3.05) is 20.3 Å². The molecular formula is C67H98O11Si2. The number of methoxy groups -OCH3 is 1. The largest absolute Gasteiger partial charge is 0.497 e. The molecule has 2 heterocycles. The monoisotopic (exact) mass is 1130 g/mol. The first kappa shape index (κ1) is 60.9. The highest BCUT2D eigenvalue weighted by atomic mass is 28.4. The van der Waals surface area contributed by atoms with Gasteiger partial charge < -0.3 is 42.0 Å². The SMILES string of the molecule is COc1ccc(COC[C@H](C)CC[C@H]2O[C@H]3C[C@H]4[C@@H]5CC=C6C[C@@H](O[C@@H]7O[C@H](CO[Si](C)(C)C(C)(C)C)[C@@H](OC(=O)c8ccccc8)[C@H](O[Si](C)(C)C(C)(C)C)[C@H]7OC(=O)c7ccccc7)CC[C@]6(C)[C@H]5CC[C@]4(C)[C@H]3[C@@H]2C)cc1. The van der Waals surface area contributed by atoms with Crippen molar-refractivity contribution in [2.45, 2.75) is 219 Å². The van der Waals surface area contributed by atoms with E-state index in [9.17, 15) is 9.59 Å². The third-order valence-corrected chi connectivity index (χ3v) is 30.5. The molecule has 16 atom stereocenters. The molecule has 3 aromatic rings. The molecule has 3 aromatic carbocycles. The van der Waals surface area contributed by atoms with E-state index in [0.717, 1.165) is 57.3 Å². The van der Waals surface area contributed by atoms with E-state index < -0.39 is 59.3 Å². The van der Waals surface area contributed by atoms with E-state index in [0.29, 0.717) is 65.4 Å². The minimum atomic E-state index is -2.69. The van der Waals surface area contributed by atoms with Crippen LogP contribution in [0.4, 0.5) is 0 Å². The standard InChI is InChI=1S/C67H98O11Si2/c1-43(40-71-41-45-27-30-49(70-11)31-28-45)26-33-54-44(2)57-55(74-54)39-53-51-32-29-48-38-50(34-36-66(48,9)52(51)35-37-67(53,57)10)73-63-60(77-62(69)47-24-20-17-21-25-47)59(78-80(14,15)65(6,7)8)58(76-61(68)46-22-18-16-19-23-46)56(75-63)42-72-79(12,13)64(3,4)5/h16-25,27-31,43-44,50-60,63H,26,32-42H2,1-15H3/t43-,44-,50+,51-,52+,53+,54-,55+,56-,57+,58-,59+,60-,63-,66+,67+/m1/s1. The van der Waals surface area contributed by atoms with E-state index in [1.165, 1.54) is 24.0 Å². The molecule has 11 nitrogen and oxygen atoms in total. The van der Waals surface area contributed by atoms with Crippen molar-refractivity contribution in [1.29, 1.82) is 0 Å². The molecule has 0 amide bonds. The van der Waals surface area contributed by atoms with E-state index >= 15 is 0 Å². The van der Waals surface area contributed by atoms with Crippen molar-refractivity contribution in [1.82, 2.24) is 0 Å². The van der Waals surface area contributed by atoms with Crippen LogP contribution in [-0.4, -0.2) is 97.9 Å². The summed E-state index contributed by atoms with van der Waals surface area (Å²) in [6, 6.07) is 26.2. The van der Waals surface area contributed by atoms with Crippen molar-refractivity contribution in [2.24, 2.45) is 46.3 Å². The molecule has 13 heteroatoms. The van der Waals surface area contributed by atoms with Gasteiger partial charge in [-0.2, -0.15) is 0 Å². The van der Waals surface area contributed by atoms with Crippen molar-refractivity contribution in [3.8, 4) is 5.75 Å². The molecule has 0 unspecified atom stereocenters. The van der Waals surface area contributed by atoms with Crippen molar-refractivity contribution in [3.05, 3.63) is 113 Å². The molecule has 6 aliphatic rings. The van der Waals surface area contributed by atoms with Crippen LogP contribution in [0.2, 0.25) is 36.3 Å². The van der Waals surface area contributed by atoms with Gasteiger partial charge >= 0.3 is 11.9 Å². The average Bonchev–Trinajstić information content (AvgIpc) is 4.06. The molecule has 4 aliphatic carbocycles. The summed E-state index contributed by atoms with van der Waals surface area (Å²) >= 11 is 0. The Morgan fingerprint density at radius 3 is 1.99 bits per heavy atom. The van der Waals surface area contributed by atoms with Gasteiger partial charge in [0.05, 0.1) is 49.8 Å². The summed E-state index contributed by atoms with van der Waals surface area (Å²) in [5.41, 5.74) is 3.78. The topological polar surface area (TPSA) is 117 Å². The lowest BCUT2D eigenvalue weighted by Crippen LogP contribution is -2.66.